The average molecular weight is 240 g/mol. The molecule has 0 amide bonds. The summed E-state index contributed by atoms with van der Waals surface area (Å²) in [7, 11) is 0. The van der Waals surface area contributed by atoms with Crippen molar-refractivity contribution in [2.24, 2.45) is 0 Å². The summed E-state index contributed by atoms with van der Waals surface area (Å²) in [5.74, 6) is -0.0372. The van der Waals surface area contributed by atoms with Crippen molar-refractivity contribution in [2.45, 2.75) is 13.5 Å². The number of ketones is 1. The number of hydrogen-bond acceptors (Lipinski definition) is 1. The van der Waals surface area contributed by atoms with E-state index in [0.717, 1.165) is 10.9 Å². The van der Waals surface area contributed by atoms with E-state index in [2.05, 4.69) is 0 Å². The fourth-order valence-electron chi connectivity index (χ4n) is 1.86. The Morgan fingerprint density at radius 3 is 2.88 bits per heavy atom. The van der Waals surface area contributed by atoms with Crippen molar-refractivity contribution in [3.8, 4) is 0 Å². The summed E-state index contributed by atoms with van der Waals surface area (Å²) in [6, 6.07) is 5.35. The van der Waals surface area contributed by atoms with Crippen molar-refractivity contribution in [3.05, 3.63) is 35.0 Å². The molecule has 84 valence electrons. The average Bonchev–Trinajstić information content (AvgIpc) is 2.59. The van der Waals surface area contributed by atoms with Crippen LogP contribution in [0.2, 0.25) is 5.02 Å². The molecule has 16 heavy (non-hydrogen) atoms. The van der Waals surface area contributed by atoms with Crippen molar-refractivity contribution < 1.29 is 9.18 Å². The third-order valence-electron chi connectivity index (χ3n) is 2.55. The molecule has 2 rings (SSSR count). The fourth-order valence-corrected chi connectivity index (χ4v) is 2.15. The highest BCUT2D eigenvalue weighted by molar-refractivity contribution is 6.35. The zero-order valence-corrected chi connectivity index (χ0v) is 9.59. The van der Waals surface area contributed by atoms with E-state index in [-0.39, 0.29) is 12.3 Å². The van der Waals surface area contributed by atoms with Gasteiger partial charge in [-0.1, -0.05) is 23.7 Å². The monoisotopic (exact) mass is 239 g/mol. The summed E-state index contributed by atoms with van der Waals surface area (Å²) < 4.78 is 14.1. The van der Waals surface area contributed by atoms with E-state index in [1.54, 1.807) is 22.9 Å². The molecule has 0 aliphatic carbocycles. The fraction of sp³-hybridized carbons (Fsp3) is 0.250. The molecule has 0 atom stereocenters. The molecular weight excluding hydrogens is 229 g/mol. The maximum atomic E-state index is 12.4. The Morgan fingerprint density at radius 1 is 1.50 bits per heavy atom. The summed E-state index contributed by atoms with van der Waals surface area (Å²) in [5, 5.41) is 1.33. The zero-order chi connectivity index (χ0) is 11.7. The molecule has 0 saturated carbocycles. The van der Waals surface area contributed by atoms with Crippen LogP contribution in [-0.4, -0.2) is 17.0 Å². The summed E-state index contributed by atoms with van der Waals surface area (Å²) in [4.78, 5) is 11.4. The third kappa shape index (κ3) is 1.71. The van der Waals surface area contributed by atoms with Gasteiger partial charge >= 0.3 is 0 Å². The number of carbonyl (C=O) groups excluding carboxylic acids is 1. The Bertz CT molecular complexity index is 547. The lowest BCUT2D eigenvalue weighted by Gasteiger charge is -2.02. The molecular formula is C12H11ClFNO. The molecule has 0 N–H and O–H groups in total. The second-order valence-corrected chi connectivity index (χ2v) is 4.02. The van der Waals surface area contributed by atoms with Gasteiger partial charge in [-0.05, 0) is 13.0 Å². The lowest BCUT2D eigenvalue weighted by atomic mass is 10.1. The predicted octanol–water partition coefficient (Wildman–Crippen LogP) is 3.47. The molecule has 2 nitrogen and oxygen atoms in total. The molecule has 0 bridgehead atoms. The molecule has 1 heterocycles. The number of Topliss-reactive ketones (excluding diaryl/α,β-unsaturated/α-hetero) is 1. The van der Waals surface area contributed by atoms with Gasteiger partial charge in [0.15, 0.2) is 5.78 Å². The van der Waals surface area contributed by atoms with Crippen LogP contribution in [0, 0.1) is 0 Å². The van der Waals surface area contributed by atoms with E-state index in [1.807, 2.05) is 6.07 Å². The van der Waals surface area contributed by atoms with Crippen LogP contribution >= 0.6 is 11.6 Å². The number of halogens is 2. The normalized spacial score (nSPS) is 10.9. The SMILES string of the molecule is CC(=O)c1cn(CCF)c2c(Cl)cccc12. The van der Waals surface area contributed by atoms with Crippen molar-refractivity contribution in [1.82, 2.24) is 4.57 Å². The largest absolute Gasteiger partial charge is 0.343 e. The molecule has 0 saturated heterocycles. The highest BCUT2D eigenvalue weighted by Gasteiger charge is 2.13. The Morgan fingerprint density at radius 2 is 2.25 bits per heavy atom. The van der Waals surface area contributed by atoms with Crippen LogP contribution in [0.4, 0.5) is 4.39 Å². The summed E-state index contributed by atoms with van der Waals surface area (Å²) in [6.07, 6.45) is 1.67. The Balaban J connectivity index is 2.76. The molecule has 2 aromatic rings. The van der Waals surface area contributed by atoms with Crippen molar-refractivity contribution in [1.29, 1.82) is 0 Å². The number of fused-ring (bicyclic) bond motifs is 1. The van der Waals surface area contributed by atoms with Gasteiger partial charge in [-0.15, -0.1) is 0 Å². The number of alkyl halides is 1. The van der Waals surface area contributed by atoms with Gasteiger partial charge < -0.3 is 4.57 Å². The number of aromatic nitrogens is 1. The minimum atomic E-state index is -0.480. The van der Waals surface area contributed by atoms with Crippen LogP contribution in [0.25, 0.3) is 10.9 Å². The molecule has 0 aliphatic heterocycles. The van der Waals surface area contributed by atoms with E-state index in [9.17, 15) is 9.18 Å². The predicted molar refractivity (Wildman–Crippen MR) is 62.9 cm³/mol. The van der Waals surface area contributed by atoms with E-state index in [4.69, 9.17) is 11.6 Å². The first kappa shape index (κ1) is 11.1. The van der Waals surface area contributed by atoms with Gasteiger partial charge in [0.1, 0.15) is 6.67 Å². The smallest absolute Gasteiger partial charge is 0.161 e. The molecule has 4 heteroatoms. The number of carbonyl (C=O) groups is 1. The molecule has 1 aromatic carbocycles. The van der Waals surface area contributed by atoms with Gasteiger partial charge in [0, 0.05) is 17.1 Å². The van der Waals surface area contributed by atoms with Gasteiger partial charge in [-0.3, -0.25) is 4.79 Å². The quantitative estimate of drug-likeness (QED) is 0.752. The number of nitrogens with zero attached hydrogens (tertiary/aromatic N) is 1. The van der Waals surface area contributed by atoms with Gasteiger partial charge in [0.05, 0.1) is 17.1 Å². The maximum Gasteiger partial charge on any atom is 0.161 e. The van der Waals surface area contributed by atoms with E-state index < -0.39 is 6.67 Å². The van der Waals surface area contributed by atoms with Crippen molar-refractivity contribution >= 4 is 28.3 Å². The molecule has 0 spiro atoms. The number of rotatable bonds is 3. The third-order valence-corrected chi connectivity index (χ3v) is 2.86. The highest BCUT2D eigenvalue weighted by atomic mass is 35.5. The molecule has 0 fully saturated rings. The number of benzene rings is 1. The van der Waals surface area contributed by atoms with Gasteiger partial charge in [-0.2, -0.15) is 0 Å². The molecule has 0 radical (unpaired) electrons. The van der Waals surface area contributed by atoms with E-state index in [0.29, 0.717) is 10.6 Å². The number of aryl methyl sites for hydroxylation is 1. The number of para-hydroxylation sites is 1. The lowest BCUT2D eigenvalue weighted by molar-refractivity contribution is 0.101. The molecule has 0 aliphatic rings. The van der Waals surface area contributed by atoms with Crippen LogP contribution in [0.1, 0.15) is 17.3 Å². The maximum absolute atomic E-state index is 12.4. The molecule has 0 unspecified atom stereocenters. The standard InChI is InChI=1S/C12H11ClFNO/c1-8(16)10-7-15(6-5-14)12-9(10)3-2-4-11(12)13/h2-4,7H,5-6H2,1H3. The highest BCUT2D eigenvalue weighted by Crippen LogP contribution is 2.28. The minimum Gasteiger partial charge on any atom is -0.343 e. The van der Waals surface area contributed by atoms with E-state index in [1.165, 1.54) is 6.92 Å². The topological polar surface area (TPSA) is 22.0 Å². The second-order valence-electron chi connectivity index (χ2n) is 3.62. The first-order chi connectivity index (χ1) is 7.65. The van der Waals surface area contributed by atoms with Gasteiger partial charge in [-0.25, -0.2) is 4.39 Å². The van der Waals surface area contributed by atoms with Crippen molar-refractivity contribution in [2.75, 3.05) is 6.67 Å². The van der Waals surface area contributed by atoms with Crippen LogP contribution in [0.3, 0.4) is 0 Å². The lowest BCUT2D eigenvalue weighted by Crippen LogP contribution is -1.97. The zero-order valence-electron chi connectivity index (χ0n) is 8.84. The van der Waals surface area contributed by atoms with Gasteiger partial charge in [0.2, 0.25) is 0 Å². The number of hydrogen-bond donors (Lipinski definition) is 0. The van der Waals surface area contributed by atoms with Crippen LogP contribution in [0.15, 0.2) is 24.4 Å². The Labute approximate surface area is 97.6 Å². The first-order valence-electron chi connectivity index (χ1n) is 4.99. The van der Waals surface area contributed by atoms with Crippen LogP contribution in [-0.2, 0) is 6.54 Å². The second kappa shape index (κ2) is 4.26. The van der Waals surface area contributed by atoms with Gasteiger partial charge in [0.25, 0.3) is 0 Å². The van der Waals surface area contributed by atoms with Crippen LogP contribution in [0.5, 0.6) is 0 Å². The van der Waals surface area contributed by atoms with Crippen LogP contribution < -0.4 is 0 Å². The summed E-state index contributed by atoms with van der Waals surface area (Å²) >= 11 is 6.06. The Kier molecular flexibility index (Phi) is 2.97. The molecule has 1 aromatic heterocycles. The summed E-state index contributed by atoms with van der Waals surface area (Å²) in [6.45, 7) is 1.23. The summed E-state index contributed by atoms with van der Waals surface area (Å²) in [5.41, 5.74) is 1.32. The Hall–Kier alpha value is -1.35. The first-order valence-corrected chi connectivity index (χ1v) is 5.37. The van der Waals surface area contributed by atoms with Crippen molar-refractivity contribution in [3.63, 3.8) is 0 Å². The van der Waals surface area contributed by atoms with E-state index >= 15 is 0 Å². The minimum absolute atomic E-state index is 0.0372.